The van der Waals surface area contributed by atoms with Gasteiger partial charge in [-0.2, -0.15) is 0 Å². The van der Waals surface area contributed by atoms with Crippen molar-refractivity contribution in [1.29, 1.82) is 0 Å². The van der Waals surface area contributed by atoms with Crippen LogP contribution in [0.2, 0.25) is 0 Å². The molecule has 1 atom stereocenters. The molecule has 2 heterocycles. The van der Waals surface area contributed by atoms with Crippen molar-refractivity contribution in [3.05, 3.63) is 59.0 Å². The van der Waals surface area contributed by atoms with Crippen molar-refractivity contribution in [3.8, 4) is 11.1 Å². The Labute approximate surface area is 171 Å². The number of halogens is 1. The van der Waals surface area contributed by atoms with Gasteiger partial charge in [-0.3, -0.25) is 24.8 Å². The molecular weight excluding hydrogens is 415 g/mol. The van der Waals surface area contributed by atoms with E-state index < -0.39 is 31.9 Å². The molecule has 0 fully saturated rings. The van der Waals surface area contributed by atoms with E-state index in [1.807, 2.05) is 0 Å². The van der Waals surface area contributed by atoms with Gasteiger partial charge in [-0.15, -0.1) is 0 Å². The molecule has 158 valence electrons. The van der Waals surface area contributed by atoms with Crippen LogP contribution in [0.25, 0.3) is 22.2 Å². The molecule has 0 saturated heterocycles. The average Bonchev–Trinajstić information content (AvgIpc) is 2.71. The number of amides is 1. The maximum atomic E-state index is 14.8. The van der Waals surface area contributed by atoms with Gasteiger partial charge in [-0.1, -0.05) is 6.07 Å². The Morgan fingerprint density at radius 1 is 1.23 bits per heavy atom. The molecule has 11 heteroatoms. The number of hydrogen-bond donors (Lipinski definition) is 2. The fourth-order valence-electron chi connectivity index (χ4n) is 2.99. The van der Waals surface area contributed by atoms with Crippen LogP contribution in [0.1, 0.15) is 13.3 Å². The number of fused-ring (bicyclic) bond motifs is 1. The van der Waals surface area contributed by atoms with Gasteiger partial charge in [0.05, 0.1) is 11.0 Å². The van der Waals surface area contributed by atoms with Crippen molar-refractivity contribution in [3.63, 3.8) is 0 Å². The van der Waals surface area contributed by atoms with E-state index in [2.05, 4.69) is 9.97 Å². The molecule has 0 spiro atoms. The number of nitrogens with one attached hydrogen (secondary N) is 1. The minimum Gasteiger partial charge on any atom is -0.312 e. The molecule has 0 saturated carbocycles. The first-order valence-electron chi connectivity index (χ1n) is 8.82. The highest BCUT2D eigenvalue weighted by atomic mass is 32.2. The van der Waals surface area contributed by atoms with Crippen molar-refractivity contribution in [2.45, 2.75) is 24.6 Å². The molecule has 0 unspecified atom stereocenters. The standard InChI is InChI=1S/C19H19FN4O5S/c1-19(18(26)23-27,30(2,28)29)5-8-24-11-14(20)13(10-17(24)25)12-3-4-15-16(9-12)22-7-6-21-15/h3-4,6-7,9-11,27H,5,8H2,1-2H3,(H,23,26)/t19-/m1/s1. The second-order valence-corrected chi connectivity index (χ2v) is 9.47. The number of benzene rings is 1. The van der Waals surface area contributed by atoms with Crippen molar-refractivity contribution in [1.82, 2.24) is 20.0 Å². The molecule has 2 aromatic heterocycles. The average molecular weight is 434 g/mol. The molecule has 9 nitrogen and oxygen atoms in total. The minimum atomic E-state index is -3.93. The van der Waals surface area contributed by atoms with E-state index in [4.69, 9.17) is 5.21 Å². The summed E-state index contributed by atoms with van der Waals surface area (Å²) in [7, 11) is -3.93. The van der Waals surface area contributed by atoms with E-state index in [1.165, 1.54) is 17.9 Å². The van der Waals surface area contributed by atoms with E-state index in [1.54, 1.807) is 18.2 Å². The fourth-order valence-corrected chi connectivity index (χ4v) is 3.84. The number of carbonyl (C=O) groups is 1. The highest BCUT2D eigenvalue weighted by Gasteiger charge is 2.43. The van der Waals surface area contributed by atoms with Crippen LogP contribution >= 0.6 is 0 Å². The largest absolute Gasteiger partial charge is 0.312 e. The summed E-state index contributed by atoms with van der Waals surface area (Å²) in [6.45, 7) is 0.871. The predicted molar refractivity (Wildman–Crippen MR) is 107 cm³/mol. The van der Waals surface area contributed by atoms with Gasteiger partial charge in [0.2, 0.25) is 0 Å². The van der Waals surface area contributed by atoms with Crippen LogP contribution in [0, 0.1) is 5.82 Å². The molecule has 1 aromatic carbocycles. The monoisotopic (exact) mass is 434 g/mol. The summed E-state index contributed by atoms with van der Waals surface area (Å²) in [6.07, 6.45) is 4.49. The minimum absolute atomic E-state index is 0.0581. The van der Waals surface area contributed by atoms with E-state index in [0.717, 1.165) is 30.0 Å². The van der Waals surface area contributed by atoms with Crippen LogP contribution < -0.4 is 11.0 Å². The van der Waals surface area contributed by atoms with Gasteiger partial charge in [0.15, 0.2) is 14.6 Å². The van der Waals surface area contributed by atoms with Gasteiger partial charge in [-0.05, 0) is 31.0 Å². The molecule has 0 aliphatic rings. The predicted octanol–water partition coefficient (Wildman–Crippen LogP) is 1.30. The second kappa shape index (κ2) is 7.92. The summed E-state index contributed by atoms with van der Waals surface area (Å²) in [5, 5.41) is 8.87. The summed E-state index contributed by atoms with van der Waals surface area (Å²) in [5.41, 5.74) is 2.41. The lowest BCUT2D eigenvalue weighted by Gasteiger charge is -2.25. The van der Waals surface area contributed by atoms with E-state index >= 15 is 0 Å². The van der Waals surface area contributed by atoms with Crippen LogP contribution in [-0.2, 0) is 21.2 Å². The third-order valence-electron chi connectivity index (χ3n) is 5.09. The number of sulfone groups is 1. The van der Waals surface area contributed by atoms with Crippen molar-refractivity contribution in [2.75, 3.05) is 6.26 Å². The number of pyridine rings is 1. The number of hydrogen-bond acceptors (Lipinski definition) is 7. The lowest BCUT2D eigenvalue weighted by molar-refractivity contribution is -0.131. The first kappa shape index (κ1) is 21.5. The first-order valence-corrected chi connectivity index (χ1v) is 10.7. The molecule has 0 radical (unpaired) electrons. The Balaban J connectivity index is 1.94. The van der Waals surface area contributed by atoms with E-state index in [9.17, 15) is 22.4 Å². The van der Waals surface area contributed by atoms with Gasteiger partial charge in [0, 0.05) is 43.0 Å². The van der Waals surface area contributed by atoms with Gasteiger partial charge < -0.3 is 4.57 Å². The van der Waals surface area contributed by atoms with Crippen LogP contribution in [0.4, 0.5) is 4.39 Å². The summed E-state index contributed by atoms with van der Waals surface area (Å²) >= 11 is 0. The van der Waals surface area contributed by atoms with E-state index in [-0.39, 0.29) is 18.5 Å². The normalized spacial score (nSPS) is 13.7. The molecule has 3 rings (SSSR count). The molecule has 30 heavy (non-hydrogen) atoms. The zero-order valence-corrected chi connectivity index (χ0v) is 17.0. The van der Waals surface area contributed by atoms with Crippen molar-refractivity contribution in [2.24, 2.45) is 0 Å². The van der Waals surface area contributed by atoms with Crippen LogP contribution in [-0.4, -0.2) is 45.1 Å². The number of rotatable bonds is 6. The highest BCUT2D eigenvalue weighted by Crippen LogP contribution is 2.25. The zero-order valence-electron chi connectivity index (χ0n) is 16.2. The van der Waals surface area contributed by atoms with Gasteiger partial charge >= 0.3 is 0 Å². The first-order chi connectivity index (χ1) is 14.1. The summed E-state index contributed by atoms with van der Waals surface area (Å²) in [4.78, 5) is 32.7. The summed E-state index contributed by atoms with van der Waals surface area (Å²) in [6, 6.07) is 5.98. The number of nitrogens with zero attached hydrogens (tertiary/aromatic N) is 3. The van der Waals surface area contributed by atoms with Gasteiger partial charge in [0.25, 0.3) is 11.5 Å². The van der Waals surface area contributed by atoms with Crippen LogP contribution in [0.5, 0.6) is 0 Å². The lowest BCUT2D eigenvalue weighted by atomic mass is 10.0. The number of carbonyl (C=O) groups excluding carboxylic acids is 1. The number of hydroxylamine groups is 1. The Bertz CT molecular complexity index is 1290. The number of aromatic nitrogens is 3. The second-order valence-electron chi connectivity index (χ2n) is 7.02. The summed E-state index contributed by atoms with van der Waals surface area (Å²) in [5.74, 6) is -1.84. The SMILES string of the molecule is C[C@@](CCn1cc(F)c(-c2ccc3nccnc3c2)cc1=O)(C(=O)NO)S(C)(=O)=O. The molecule has 1 amide bonds. The maximum absolute atomic E-state index is 14.8. The Hall–Kier alpha value is -3.18. The third-order valence-corrected chi connectivity index (χ3v) is 7.11. The third kappa shape index (κ3) is 3.94. The van der Waals surface area contributed by atoms with Crippen LogP contribution in [0.15, 0.2) is 47.7 Å². The summed E-state index contributed by atoms with van der Waals surface area (Å²) < 4.78 is 37.8. The molecule has 3 aromatic rings. The quantitative estimate of drug-likeness (QED) is 0.441. The van der Waals surface area contributed by atoms with Crippen LogP contribution in [0.3, 0.4) is 0 Å². The molecule has 0 aliphatic carbocycles. The molecular formula is C19H19FN4O5S. The smallest absolute Gasteiger partial charge is 0.264 e. The Kier molecular flexibility index (Phi) is 5.68. The zero-order chi connectivity index (χ0) is 22.1. The topological polar surface area (TPSA) is 131 Å². The lowest BCUT2D eigenvalue weighted by Crippen LogP contribution is -2.50. The van der Waals surface area contributed by atoms with Crippen molar-refractivity contribution < 1.29 is 22.8 Å². The van der Waals surface area contributed by atoms with Crippen molar-refractivity contribution >= 4 is 26.8 Å². The molecule has 0 bridgehead atoms. The van der Waals surface area contributed by atoms with Gasteiger partial charge in [0.1, 0.15) is 5.82 Å². The Morgan fingerprint density at radius 2 is 1.90 bits per heavy atom. The maximum Gasteiger partial charge on any atom is 0.264 e. The molecule has 2 N–H and O–H groups in total. The fraction of sp³-hybridized carbons (Fsp3) is 0.263. The molecule has 0 aliphatic heterocycles. The van der Waals surface area contributed by atoms with Gasteiger partial charge in [-0.25, -0.2) is 18.3 Å². The Morgan fingerprint density at radius 3 is 2.53 bits per heavy atom. The number of aryl methyl sites for hydroxylation is 1. The van der Waals surface area contributed by atoms with E-state index in [0.29, 0.717) is 16.6 Å². The highest BCUT2D eigenvalue weighted by molar-refractivity contribution is 7.92.